The molecule has 0 fully saturated rings. The summed E-state index contributed by atoms with van der Waals surface area (Å²) in [6.07, 6.45) is 0. The summed E-state index contributed by atoms with van der Waals surface area (Å²) in [4.78, 5) is 1.72. The van der Waals surface area contributed by atoms with E-state index in [1.54, 1.807) is 11.9 Å². The fourth-order valence-electron chi connectivity index (χ4n) is 0.983. The number of halogens is 3. The van der Waals surface area contributed by atoms with Crippen molar-refractivity contribution in [1.29, 1.82) is 0 Å². The van der Waals surface area contributed by atoms with Crippen LogP contribution < -0.4 is 0 Å². The van der Waals surface area contributed by atoms with Gasteiger partial charge in [-0.05, 0) is 13.1 Å². The minimum absolute atomic E-state index is 0.316. The molecule has 0 N–H and O–H groups in total. The third-order valence-electron chi connectivity index (χ3n) is 1.66. The van der Waals surface area contributed by atoms with Gasteiger partial charge in [-0.3, -0.25) is 4.90 Å². The Kier molecular flexibility index (Phi) is 3.63. The molecule has 0 aromatic heterocycles. The van der Waals surface area contributed by atoms with Gasteiger partial charge in [-0.25, -0.2) is 8.78 Å². The van der Waals surface area contributed by atoms with E-state index in [1.165, 1.54) is 12.1 Å². The van der Waals surface area contributed by atoms with Crippen LogP contribution in [0.1, 0.15) is 5.56 Å². The molecular weight excluding hydrogens is 196 g/mol. The lowest BCUT2D eigenvalue weighted by Gasteiger charge is -2.12. The van der Waals surface area contributed by atoms with Crippen LogP contribution in [0.3, 0.4) is 0 Å². The SMILES string of the molecule is CN(CCl)Cc1ccc(F)cc1F. The molecule has 0 radical (unpaired) electrons. The molecule has 0 spiro atoms. The molecule has 1 rings (SSSR count). The molecule has 13 heavy (non-hydrogen) atoms. The molecule has 0 unspecified atom stereocenters. The van der Waals surface area contributed by atoms with Gasteiger partial charge < -0.3 is 0 Å². The van der Waals surface area contributed by atoms with Gasteiger partial charge in [0.15, 0.2) is 0 Å². The second kappa shape index (κ2) is 4.53. The highest BCUT2D eigenvalue weighted by atomic mass is 35.5. The van der Waals surface area contributed by atoms with Crippen molar-refractivity contribution in [3.63, 3.8) is 0 Å². The first-order chi connectivity index (χ1) is 6.13. The Morgan fingerprint density at radius 2 is 2.08 bits per heavy atom. The summed E-state index contributed by atoms with van der Waals surface area (Å²) in [6, 6.07) is 3.85. The molecule has 1 aromatic carbocycles. The highest BCUT2D eigenvalue weighted by Gasteiger charge is 2.05. The van der Waals surface area contributed by atoms with Crippen LogP contribution >= 0.6 is 11.6 Å². The predicted molar refractivity (Wildman–Crippen MR) is 48.5 cm³/mol. The Bertz CT molecular complexity index is 291. The van der Waals surface area contributed by atoms with Crippen molar-refractivity contribution in [2.24, 2.45) is 0 Å². The first-order valence-corrected chi connectivity index (χ1v) is 4.35. The van der Waals surface area contributed by atoms with Gasteiger partial charge in [-0.15, -0.1) is 11.6 Å². The Morgan fingerprint density at radius 1 is 1.38 bits per heavy atom. The summed E-state index contributed by atoms with van der Waals surface area (Å²) >= 11 is 5.51. The minimum atomic E-state index is -0.560. The van der Waals surface area contributed by atoms with E-state index in [0.29, 0.717) is 18.1 Å². The summed E-state index contributed by atoms with van der Waals surface area (Å²) in [5.74, 6) is -1.09. The highest BCUT2D eigenvalue weighted by molar-refractivity contribution is 6.17. The zero-order chi connectivity index (χ0) is 9.84. The zero-order valence-electron chi connectivity index (χ0n) is 7.23. The first kappa shape index (κ1) is 10.4. The fourth-order valence-corrected chi connectivity index (χ4v) is 1.07. The fraction of sp³-hybridized carbons (Fsp3) is 0.333. The summed E-state index contributed by atoms with van der Waals surface area (Å²) in [5.41, 5.74) is 0.449. The Hall–Kier alpha value is -0.670. The summed E-state index contributed by atoms with van der Waals surface area (Å²) < 4.78 is 25.5. The second-order valence-electron chi connectivity index (χ2n) is 2.87. The summed E-state index contributed by atoms with van der Waals surface area (Å²) in [5, 5.41) is 0. The van der Waals surface area contributed by atoms with Gasteiger partial charge in [0.05, 0.1) is 6.00 Å². The lowest BCUT2D eigenvalue weighted by molar-refractivity contribution is 0.373. The Morgan fingerprint density at radius 3 is 2.62 bits per heavy atom. The van der Waals surface area contributed by atoms with Crippen molar-refractivity contribution in [3.8, 4) is 0 Å². The van der Waals surface area contributed by atoms with Gasteiger partial charge in [-0.1, -0.05) is 6.07 Å². The number of benzene rings is 1. The monoisotopic (exact) mass is 205 g/mol. The first-order valence-electron chi connectivity index (χ1n) is 3.82. The average molecular weight is 206 g/mol. The van der Waals surface area contributed by atoms with E-state index in [9.17, 15) is 8.78 Å². The van der Waals surface area contributed by atoms with Crippen molar-refractivity contribution in [2.45, 2.75) is 6.54 Å². The minimum Gasteiger partial charge on any atom is -0.289 e. The number of hydrogen-bond acceptors (Lipinski definition) is 1. The number of hydrogen-bond donors (Lipinski definition) is 0. The largest absolute Gasteiger partial charge is 0.289 e. The topological polar surface area (TPSA) is 3.24 Å². The third-order valence-corrected chi connectivity index (χ3v) is 2.07. The van der Waals surface area contributed by atoms with Gasteiger partial charge in [0.25, 0.3) is 0 Å². The molecule has 72 valence electrons. The number of rotatable bonds is 3. The Labute approximate surface area is 80.9 Å². The average Bonchev–Trinajstić information content (AvgIpc) is 2.09. The summed E-state index contributed by atoms with van der Waals surface area (Å²) in [6.45, 7) is 0.385. The Balaban J connectivity index is 2.77. The summed E-state index contributed by atoms with van der Waals surface area (Å²) in [7, 11) is 1.76. The number of alkyl halides is 1. The molecule has 4 heteroatoms. The van der Waals surface area contributed by atoms with Crippen LogP contribution in [0.5, 0.6) is 0 Å². The smallest absolute Gasteiger partial charge is 0.130 e. The molecule has 0 aliphatic rings. The van der Waals surface area contributed by atoms with Crippen molar-refractivity contribution < 1.29 is 8.78 Å². The molecule has 0 amide bonds. The second-order valence-corrected chi connectivity index (χ2v) is 3.11. The van der Waals surface area contributed by atoms with E-state index in [2.05, 4.69) is 0 Å². The van der Waals surface area contributed by atoms with Crippen LogP contribution in [0, 0.1) is 11.6 Å². The molecule has 1 aromatic rings. The van der Waals surface area contributed by atoms with E-state index < -0.39 is 11.6 Å². The molecule has 0 bridgehead atoms. The maximum atomic E-state index is 13.0. The van der Waals surface area contributed by atoms with Crippen molar-refractivity contribution in [2.75, 3.05) is 13.1 Å². The molecule has 0 aliphatic heterocycles. The van der Waals surface area contributed by atoms with Gasteiger partial charge in [0.2, 0.25) is 0 Å². The van der Waals surface area contributed by atoms with E-state index in [-0.39, 0.29) is 0 Å². The third kappa shape index (κ3) is 2.94. The molecular formula is C9H10ClF2N. The molecule has 0 saturated carbocycles. The maximum absolute atomic E-state index is 13.0. The molecule has 0 saturated heterocycles. The lowest BCUT2D eigenvalue weighted by Crippen LogP contribution is -2.16. The van der Waals surface area contributed by atoms with Crippen LogP contribution in [0.25, 0.3) is 0 Å². The van der Waals surface area contributed by atoms with E-state index in [4.69, 9.17) is 11.6 Å². The molecule has 0 aliphatic carbocycles. The highest BCUT2D eigenvalue weighted by Crippen LogP contribution is 2.11. The van der Waals surface area contributed by atoms with Crippen molar-refractivity contribution in [3.05, 3.63) is 35.4 Å². The van der Waals surface area contributed by atoms with Gasteiger partial charge in [0, 0.05) is 18.2 Å². The van der Waals surface area contributed by atoms with Crippen LogP contribution in [0.15, 0.2) is 18.2 Å². The van der Waals surface area contributed by atoms with Crippen LogP contribution in [-0.2, 0) is 6.54 Å². The van der Waals surface area contributed by atoms with Crippen molar-refractivity contribution in [1.82, 2.24) is 4.90 Å². The number of nitrogens with zero attached hydrogens (tertiary/aromatic N) is 1. The predicted octanol–water partition coefficient (Wildman–Crippen LogP) is 2.59. The van der Waals surface area contributed by atoms with Crippen LogP contribution in [-0.4, -0.2) is 18.0 Å². The molecule has 0 heterocycles. The van der Waals surface area contributed by atoms with E-state index in [1.807, 2.05) is 0 Å². The zero-order valence-corrected chi connectivity index (χ0v) is 7.98. The van der Waals surface area contributed by atoms with E-state index >= 15 is 0 Å². The standard InChI is InChI=1S/C9H10ClF2N/c1-13(6-10)5-7-2-3-8(11)4-9(7)12/h2-4H,5-6H2,1H3. The maximum Gasteiger partial charge on any atom is 0.130 e. The van der Waals surface area contributed by atoms with Crippen LogP contribution in [0.2, 0.25) is 0 Å². The molecule has 1 nitrogen and oxygen atoms in total. The van der Waals surface area contributed by atoms with Gasteiger partial charge >= 0.3 is 0 Å². The van der Waals surface area contributed by atoms with E-state index in [0.717, 1.165) is 6.07 Å². The molecule has 0 atom stereocenters. The van der Waals surface area contributed by atoms with Gasteiger partial charge in [0.1, 0.15) is 11.6 Å². The quantitative estimate of drug-likeness (QED) is 0.542. The van der Waals surface area contributed by atoms with Crippen molar-refractivity contribution >= 4 is 11.6 Å². The normalized spacial score (nSPS) is 10.8. The van der Waals surface area contributed by atoms with Gasteiger partial charge in [-0.2, -0.15) is 0 Å². The van der Waals surface area contributed by atoms with Crippen LogP contribution in [0.4, 0.5) is 8.78 Å². The lowest BCUT2D eigenvalue weighted by atomic mass is 10.2.